The number of hydrogen-bond donors (Lipinski definition) is 1. The van der Waals surface area contributed by atoms with Crippen LogP contribution in [-0.4, -0.2) is 48.1 Å². The molecule has 1 saturated heterocycles. The van der Waals surface area contributed by atoms with E-state index in [2.05, 4.69) is 47.2 Å². The Bertz CT molecular complexity index is 415. The Balaban J connectivity index is 1.67. The molecule has 0 radical (unpaired) electrons. The van der Waals surface area contributed by atoms with Crippen LogP contribution in [0.15, 0.2) is 30.3 Å². The van der Waals surface area contributed by atoms with Gasteiger partial charge in [-0.2, -0.15) is 0 Å². The first-order valence-electron chi connectivity index (χ1n) is 7.43. The Morgan fingerprint density at radius 2 is 2.05 bits per heavy atom. The molecule has 2 N–H and O–H groups in total. The third-order valence-electron chi connectivity index (χ3n) is 4.88. The van der Waals surface area contributed by atoms with Gasteiger partial charge in [-0.05, 0) is 31.9 Å². The van der Waals surface area contributed by atoms with Crippen LogP contribution in [0.2, 0.25) is 0 Å². The monoisotopic (exact) mass is 259 g/mol. The van der Waals surface area contributed by atoms with Crippen LogP contribution in [0.4, 0.5) is 0 Å². The fourth-order valence-corrected chi connectivity index (χ4v) is 3.30. The quantitative estimate of drug-likeness (QED) is 0.873. The zero-order valence-electron chi connectivity index (χ0n) is 11.9. The molecule has 1 aromatic rings. The van der Waals surface area contributed by atoms with Crippen molar-refractivity contribution in [1.82, 2.24) is 9.80 Å². The predicted molar refractivity (Wildman–Crippen MR) is 78.9 cm³/mol. The Kier molecular flexibility index (Phi) is 3.61. The summed E-state index contributed by atoms with van der Waals surface area (Å²) < 4.78 is 0. The summed E-state index contributed by atoms with van der Waals surface area (Å²) in [5, 5.41) is 0. The molecule has 1 heterocycles. The molecule has 0 amide bonds. The van der Waals surface area contributed by atoms with Gasteiger partial charge in [-0.15, -0.1) is 0 Å². The molecule has 3 nitrogen and oxygen atoms in total. The fourth-order valence-electron chi connectivity index (χ4n) is 3.30. The molecule has 1 unspecified atom stereocenters. The van der Waals surface area contributed by atoms with E-state index in [1.165, 1.54) is 31.4 Å². The maximum absolute atomic E-state index is 6.14. The third kappa shape index (κ3) is 2.69. The smallest absolute Gasteiger partial charge is 0.0471 e. The largest absolute Gasteiger partial charge is 0.329 e. The minimum Gasteiger partial charge on any atom is -0.329 e. The maximum atomic E-state index is 6.14. The fraction of sp³-hybridized carbons (Fsp3) is 0.625. The summed E-state index contributed by atoms with van der Waals surface area (Å²) in [5.41, 5.74) is 7.69. The van der Waals surface area contributed by atoms with Gasteiger partial charge in [0.1, 0.15) is 0 Å². The van der Waals surface area contributed by atoms with Crippen LogP contribution in [0.1, 0.15) is 24.8 Å². The molecule has 1 aliphatic heterocycles. The first kappa shape index (κ1) is 13.1. The maximum Gasteiger partial charge on any atom is 0.0471 e. The van der Waals surface area contributed by atoms with E-state index in [4.69, 9.17) is 5.73 Å². The van der Waals surface area contributed by atoms with E-state index < -0.39 is 0 Å². The van der Waals surface area contributed by atoms with E-state index in [1.807, 2.05) is 0 Å². The SMILES string of the molecule is CN(Cc1ccccc1)C1(CN)CCN(C2CC2)C1. The van der Waals surface area contributed by atoms with Crippen molar-refractivity contribution in [1.29, 1.82) is 0 Å². The van der Waals surface area contributed by atoms with Gasteiger partial charge in [-0.25, -0.2) is 0 Å². The van der Waals surface area contributed by atoms with Gasteiger partial charge in [0.05, 0.1) is 0 Å². The van der Waals surface area contributed by atoms with Gasteiger partial charge in [-0.1, -0.05) is 30.3 Å². The van der Waals surface area contributed by atoms with E-state index >= 15 is 0 Å². The molecule has 2 aliphatic rings. The summed E-state index contributed by atoms with van der Waals surface area (Å²) in [6.07, 6.45) is 4.00. The molecular weight excluding hydrogens is 234 g/mol. The molecule has 2 fully saturated rings. The van der Waals surface area contributed by atoms with Crippen LogP contribution >= 0.6 is 0 Å². The number of likely N-dealkylation sites (tertiary alicyclic amines) is 1. The standard InChI is InChI=1S/C16H25N3/c1-18(11-14-5-3-2-4-6-14)16(12-17)9-10-19(13-16)15-7-8-15/h2-6,15H,7-13,17H2,1H3. The van der Waals surface area contributed by atoms with Crippen LogP contribution in [0.25, 0.3) is 0 Å². The zero-order chi connectivity index (χ0) is 13.3. The van der Waals surface area contributed by atoms with E-state index in [0.29, 0.717) is 0 Å². The summed E-state index contributed by atoms with van der Waals surface area (Å²) in [4.78, 5) is 5.12. The van der Waals surface area contributed by atoms with Crippen molar-refractivity contribution in [2.24, 2.45) is 5.73 Å². The molecule has 104 valence electrons. The van der Waals surface area contributed by atoms with Gasteiger partial charge < -0.3 is 5.73 Å². The van der Waals surface area contributed by atoms with Crippen molar-refractivity contribution in [3.63, 3.8) is 0 Å². The van der Waals surface area contributed by atoms with Gasteiger partial charge in [-0.3, -0.25) is 9.80 Å². The second kappa shape index (κ2) is 5.23. The Labute approximate surface area is 116 Å². The number of nitrogens with two attached hydrogens (primary N) is 1. The molecule has 0 aromatic heterocycles. The summed E-state index contributed by atoms with van der Waals surface area (Å²) >= 11 is 0. The third-order valence-corrected chi connectivity index (χ3v) is 4.88. The average molecular weight is 259 g/mol. The van der Waals surface area contributed by atoms with Crippen LogP contribution in [0, 0.1) is 0 Å². The van der Waals surface area contributed by atoms with Gasteiger partial charge in [0.2, 0.25) is 0 Å². The Morgan fingerprint density at radius 1 is 1.32 bits per heavy atom. The van der Waals surface area contributed by atoms with Crippen LogP contribution in [0.5, 0.6) is 0 Å². The second-order valence-corrected chi connectivity index (χ2v) is 6.22. The van der Waals surface area contributed by atoms with Crippen molar-refractivity contribution < 1.29 is 0 Å². The molecule has 1 aromatic carbocycles. The highest BCUT2D eigenvalue weighted by molar-refractivity contribution is 5.15. The number of hydrogen-bond acceptors (Lipinski definition) is 3. The first-order valence-corrected chi connectivity index (χ1v) is 7.43. The van der Waals surface area contributed by atoms with Crippen molar-refractivity contribution in [2.45, 2.75) is 37.4 Å². The van der Waals surface area contributed by atoms with Crippen LogP contribution < -0.4 is 5.73 Å². The van der Waals surface area contributed by atoms with Crippen molar-refractivity contribution in [3.8, 4) is 0 Å². The molecule has 0 bridgehead atoms. The lowest BCUT2D eigenvalue weighted by molar-refractivity contribution is 0.120. The molecule has 0 spiro atoms. The van der Waals surface area contributed by atoms with Crippen molar-refractivity contribution >= 4 is 0 Å². The molecule has 1 saturated carbocycles. The molecule has 1 aliphatic carbocycles. The van der Waals surface area contributed by atoms with Gasteiger partial charge in [0.15, 0.2) is 0 Å². The normalized spacial score (nSPS) is 28.2. The predicted octanol–water partition coefficient (Wildman–Crippen LogP) is 1.68. The highest BCUT2D eigenvalue weighted by Crippen LogP contribution is 2.35. The number of rotatable bonds is 5. The lowest BCUT2D eigenvalue weighted by Gasteiger charge is -2.38. The van der Waals surface area contributed by atoms with Crippen LogP contribution in [-0.2, 0) is 6.54 Å². The summed E-state index contributed by atoms with van der Waals surface area (Å²) in [6.45, 7) is 4.13. The van der Waals surface area contributed by atoms with E-state index in [9.17, 15) is 0 Å². The number of likely N-dealkylation sites (N-methyl/N-ethyl adjacent to an activating group) is 1. The molecule has 19 heavy (non-hydrogen) atoms. The molecule has 3 rings (SSSR count). The first-order chi connectivity index (χ1) is 9.23. The van der Waals surface area contributed by atoms with Crippen molar-refractivity contribution in [2.75, 3.05) is 26.7 Å². The summed E-state index contributed by atoms with van der Waals surface area (Å²) in [5.74, 6) is 0. The Hall–Kier alpha value is -0.900. The highest BCUT2D eigenvalue weighted by Gasteiger charge is 2.44. The molecular formula is C16H25N3. The van der Waals surface area contributed by atoms with Crippen molar-refractivity contribution in [3.05, 3.63) is 35.9 Å². The topological polar surface area (TPSA) is 32.5 Å². The van der Waals surface area contributed by atoms with E-state index in [-0.39, 0.29) is 5.54 Å². The minimum atomic E-state index is 0.179. The average Bonchev–Trinajstić information content (AvgIpc) is 3.19. The molecule has 3 heteroatoms. The summed E-state index contributed by atoms with van der Waals surface area (Å²) in [7, 11) is 2.23. The lowest BCUT2D eigenvalue weighted by atomic mass is 9.96. The number of benzene rings is 1. The summed E-state index contributed by atoms with van der Waals surface area (Å²) in [6, 6.07) is 11.6. The van der Waals surface area contributed by atoms with E-state index in [1.54, 1.807) is 0 Å². The highest BCUT2D eigenvalue weighted by atomic mass is 15.3. The van der Waals surface area contributed by atoms with Gasteiger partial charge >= 0.3 is 0 Å². The zero-order valence-corrected chi connectivity index (χ0v) is 11.9. The van der Waals surface area contributed by atoms with Gasteiger partial charge in [0.25, 0.3) is 0 Å². The van der Waals surface area contributed by atoms with E-state index in [0.717, 1.165) is 25.7 Å². The number of nitrogens with zero attached hydrogens (tertiary/aromatic N) is 2. The minimum absolute atomic E-state index is 0.179. The van der Waals surface area contributed by atoms with Crippen LogP contribution in [0.3, 0.4) is 0 Å². The lowest BCUT2D eigenvalue weighted by Crippen LogP contribution is -2.53. The molecule has 1 atom stereocenters. The second-order valence-electron chi connectivity index (χ2n) is 6.22. The Morgan fingerprint density at radius 3 is 2.68 bits per heavy atom. The van der Waals surface area contributed by atoms with Gasteiger partial charge in [0, 0.05) is 37.8 Å².